The molecule has 0 heterocycles. The van der Waals surface area contributed by atoms with Crippen molar-refractivity contribution in [1.29, 1.82) is 0 Å². The molecule has 0 aliphatic heterocycles. The number of hydrogen-bond donors (Lipinski definition) is 0. The fourth-order valence-corrected chi connectivity index (χ4v) is 5.32. The van der Waals surface area contributed by atoms with Crippen LogP contribution >= 0.6 is 0 Å². The molecule has 3 nitrogen and oxygen atoms in total. The number of allylic oxidation sites excluding steroid dienone is 2. The molecule has 20 heavy (non-hydrogen) atoms. The quantitative estimate of drug-likeness (QED) is 0.546. The highest BCUT2D eigenvalue weighted by molar-refractivity contribution is 5.95. The third-order valence-electron chi connectivity index (χ3n) is 6.05. The first-order valence-corrected chi connectivity index (χ1v) is 7.61. The predicted octanol–water partition coefficient (Wildman–Crippen LogP) is 2.99. The van der Waals surface area contributed by atoms with E-state index >= 15 is 0 Å². The van der Waals surface area contributed by atoms with Gasteiger partial charge in [0, 0.05) is 18.3 Å². The summed E-state index contributed by atoms with van der Waals surface area (Å²) in [7, 11) is 0. The molecule has 3 aliphatic rings. The van der Waals surface area contributed by atoms with Crippen LogP contribution in [0.4, 0.5) is 0 Å². The minimum Gasteiger partial charge on any atom is -0.462 e. The fraction of sp³-hybridized carbons (Fsp3) is 0.765. The number of esters is 1. The Balaban J connectivity index is 2.11. The fourth-order valence-electron chi connectivity index (χ4n) is 5.32. The normalized spacial score (nSPS) is 48.2. The molecule has 110 valence electrons. The minimum absolute atomic E-state index is 0.121. The highest BCUT2D eigenvalue weighted by Crippen LogP contribution is 2.65. The molecular weight excluding hydrogens is 252 g/mol. The van der Waals surface area contributed by atoms with Crippen LogP contribution in [0.5, 0.6) is 0 Å². The van der Waals surface area contributed by atoms with Gasteiger partial charge in [-0.1, -0.05) is 32.9 Å². The zero-order valence-electron chi connectivity index (χ0n) is 13.0. The van der Waals surface area contributed by atoms with E-state index in [1.807, 2.05) is 6.92 Å². The molecule has 3 heteroatoms. The van der Waals surface area contributed by atoms with Crippen LogP contribution in [0, 0.1) is 34.5 Å². The number of ketones is 1. The van der Waals surface area contributed by atoms with E-state index in [2.05, 4.69) is 32.9 Å². The SMILES string of the molecule is CC(=O)O[C@H]1C[C@@H](C)[C@H]2C=C[C@]3(C)C(=O)C(C)(C)[C@H]2[C@H]13. The van der Waals surface area contributed by atoms with Crippen molar-refractivity contribution in [1.82, 2.24) is 0 Å². The smallest absolute Gasteiger partial charge is 0.302 e. The first kappa shape index (κ1) is 13.8. The van der Waals surface area contributed by atoms with Gasteiger partial charge in [0.2, 0.25) is 0 Å². The Morgan fingerprint density at radius 1 is 1.30 bits per heavy atom. The summed E-state index contributed by atoms with van der Waals surface area (Å²) in [6, 6.07) is 0. The number of carbonyl (C=O) groups excluding carboxylic acids is 2. The standard InChI is InChI=1S/C17H24O3/c1-9-8-12(20-10(2)18)14-13-11(9)6-7-17(14,5)15(19)16(13,3)4/h6-7,9,11-14H,8H2,1-5H3/t9-,11-,12+,13-,14+,17+/m1/s1. The lowest BCUT2D eigenvalue weighted by molar-refractivity contribution is -0.159. The number of ether oxygens (including phenoxy) is 1. The summed E-state index contributed by atoms with van der Waals surface area (Å²) in [5.74, 6) is 1.39. The van der Waals surface area contributed by atoms with E-state index in [4.69, 9.17) is 4.74 Å². The van der Waals surface area contributed by atoms with E-state index in [1.165, 1.54) is 6.92 Å². The highest BCUT2D eigenvalue weighted by Gasteiger charge is 2.68. The van der Waals surface area contributed by atoms with Crippen molar-refractivity contribution in [3.05, 3.63) is 12.2 Å². The molecular formula is C17H24O3. The van der Waals surface area contributed by atoms with Crippen LogP contribution in [0.3, 0.4) is 0 Å². The van der Waals surface area contributed by atoms with Crippen molar-refractivity contribution in [3.63, 3.8) is 0 Å². The summed E-state index contributed by atoms with van der Waals surface area (Å²) in [6.07, 6.45) is 5.10. The van der Waals surface area contributed by atoms with Crippen LogP contribution in [-0.4, -0.2) is 17.9 Å². The zero-order valence-corrected chi connectivity index (χ0v) is 13.0. The molecule has 6 atom stereocenters. The van der Waals surface area contributed by atoms with E-state index in [-0.39, 0.29) is 29.3 Å². The Labute approximate surface area is 120 Å². The lowest BCUT2D eigenvalue weighted by atomic mass is 9.56. The Morgan fingerprint density at radius 2 is 1.95 bits per heavy atom. The first-order chi connectivity index (χ1) is 9.19. The van der Waals surface area contributed by atoms with Gasteiger partial charge < -0.3 is 4.74 Å². The summed E-state index contributed by atoms with van der Waals surface area (Å²) in [4.78, 5) is 24.4. The Kier molecular flexibility index (Phi) is 2.74. The molecule has 0 radical (unpaired) electrons. The predicted molar refractivity (Wildman–Crippen MR) is 75.8 cm³/mol. The van der Waals surface area contributed by atoms with E-state index in [9.17, 15) is 9.59 Å². The molecule has 0 aromatic heterocycles. The van der Waals surface area contributed by atoms with Crippen molar-refractivity contribution >= 4 is 11.8 Å². The van der Waals surface area contributed by atoms with Crippen molar-refractivity contribution in [2.45, 2.75) is 47.1 Å². The van der Waals surface area contributed by atoms with Gasteiger partial charge in [0.15, 0.2) is 0 Å². The van der Waals surface area contributed by atoms with Crippen LogP contribution in [0.15, 0.2) is 12.2 Å². The van der Waals surface area contributed by atoms with Crippen molar-refractivity contribution < 1.29 is 14.3 Å². The van der Waals surface area contributed by atoms with Gasteiger partial charge in [0.1, 0.15) is 11.9 Å². The second-order valence-electron chi connectivity index (χ2n) is 7.68. The van der Waals surface area contributed by atoms with Crippen LogP contribution in [0.2, 0.25) is 0 Å². The number of rotatable bonds is 1. The first-order valence-electron chi connectivity index (χ1n) is 7.61. The summed E-state index contributed by atoms with van der Waals surface area (Å²) >= 11 is 0. The molecule has 0 amide bonds. The average molecular weight is 276 g/mol. The molecule has 3 aliphatic carbocycles. The van der Waals surface area contributed by atoms with E-state index in [0.29, 0.717) is 17.6 Å². The van der Waals surface area contributed by atoms with Gasteiger partial charge in [-0.15, -0.1) is 0 Å². The minimum atomic E-state index is -0.467. The van der Waals surface area contributed by atoms with Gasteiger partial charge in [0.25, 0.3) is 0 Å². The third-order valence-corrected chi connectivity index (χ3v) is 6.05. The topological polar surface area (TPSA) is 43.4 Å². The van der Waals surface area contributed by atoms with Gasteiger partial charge in [-0.3, -0.25) is 9.59 Å². The largest absolute Gasteiger partial charge is 0.462 e. The molecule has 4 bridgehead atoms. The van der Waals surface area contributed by atoms with E-state index in [0.717, 1.165) is 6.42 Å². The summed E-state index contributed by atoms with van der Waals surface area (Å²) in [6.45, 7) is 9.85. The van der Waals surface area contributed by atoms with Crippen LogP contribution in [-0.2, 0) is 14.3 Å². The monoisotopic (exact) mass is 276 g/mol. The van der Waals surface area contributed by atoms with Gasteiger partial charge in [-0.05, 0) is 31.1 Å². The van der Waals surface area contributed by atoms with Crippen molar-refractivity contribution in [2.24, 2.45) is 34.5 Å². The lowest BCUT2D eigenvalue weighted by Gasteiger charge is -2.50. The van der Waals surface area contributed by atoms with E-state index in [1.54, 1.807) is 0 Å². The summed E-state index contributed by atoms with van der Waals surface area (Å²) in [5.41, 5.74) is -0.800. The molecule has 2 saturated carbocycles. The maximum absolute atomic E-state index is 12.9. The molecule has 0 spiro atoms. The molecule has 0 saturated heterocycles. The lowest BCUT2D eigenvalue weighted by Crippen LogP contribution is -2.50. The second-order valence-corrected chi connectivity index (χ2v) is 7.68. The van der Waals surface area contributed by atoms with Gasteiger partial charge in [-0.25, -0.2) is 0 Å². The Bertz CT molecular complexity index is 504. The van der Waals surface area contributed by atoms with Crippen molar-refractivity contribution in [2.75, 3.05) is 0 Å². The van der Waals surface area contributed by atoms with Crippen LogP contribution in [0.25, 0.3) is 0 Å². The average Bonchev–Trinajstić information content (AvgIpc) is 2.43. The number of carbonyl (C=O) groups is 2. The van der Waals surface area contributed by atoms with Crippen LogP contribution < -0.4 is 0 Å². The van der Waals surface area contributed by atoms with Gasteiger partial charge >= 0.3 is 5.97 Å². The molecule has 0 unspecified atom stereocenters. The molecule has 2 fully saturated rings. The van der Waals surface area contributed by atoms with Gasteiger partial charge in [-0.2, -0.15) is 0 Å². The second kappa shape index (κ2) is 3.96. The summed E-state index contributed by atoms with van der Waals surface area (Å²) < 4.78 is 5.61. The summed E-state index contributed by atoms with van der Waals surface area (Å²) in [5, 5.41) is 0. The van der Waals surface area contributed by atoms with Crippen LogP contribution in [0.1, 0.15) is 41.0 Å². The maximum Gasteiger partial charge on any atom is 0.302 e. The van der Waals surface area contributed by atoms with Crippen molar-refractivity contribution in [3.8, 4) is 0 Å². The maximum atomic E-state index is 12.9. The third kappa shape index (κ3) is 1.52. The molecule has 0 aromatic rings. The number of Topliss-reactive ketones (excluding diaryl/α,β-unsaturated/α-hetero) is 1. The molecule has 0 N–H and O–H groups in total. The molecule has 0 aromatic carbocycles. The Morgan fingerprint density at radius 3 is 2.55 bits per heavy atom. The van der Waals surface area contributed by atoms with Gasteiger partial charge in [0.05, 0.1) is 5.41 Å². The van der Waals surface area contributed by atoms with E-state index < -0.39 is 5.41 Å². The number of hydrogen-bond acceptors (Lipinski definition) is 3. The zero-order chi connectivity index (χ0) is 14.9. The highest BCUT2D eigenvalue weighted by atomic mass is 16.5. The molecule has 3 rings (SSSR count). The Hall–Kier alpha value is -1.12.